The Morgan fingerprint density at radius 1 is 1.28 bits per heavy atom. The van der Waals surface area contributed by atoms with Crippen LogP contribution in [0.15, 0.2) is 18.2 Å². The summed E-state index contributed by atoms with van der Waals surface area (Å²) in [7, 11) is 1.50. The molecule has 0 aliphatic rings. The van der Waals surface area contributed by atoms with E-state index in [4.69, 9.17) is 9.84 Å². The van der Waals surface area contributed by atoms with E-state index in [2.05, 4.69) is 18.7 Å². The van der Waals surface area contributed by atoms with Crippen molar-refractivity contribution in [1.29, 1.82) is 0 Å². The van der Waals surface area contributed by atoms with Crippen LogP contribution in [0, 0.1) is 0 Å². The molecule has 0 saturated heterocycles. The van der Waals surface area contributed by atoms with Gasteiger partial charge in [0, 0.05) is 24.8 Å². The first kappa shape index (κ1) is 14.4. The van der Waals surface area contributed by atoms with Crippen LogP contribution in [0.25, 0.3) is 0 Å². The van der Waals surface area contributed by atoms with Gasteiger partial charge in [0.2, 0.25) is 0 Å². The summed E-state index contributed by atoms with van der Waals surface area (Å²) < 4.78 is 5.15. The Morgan fingerprint density at radius 2 is 1.89 bits per heavy atom. The van der Waals surface area contributed by atoms with Gasteiger partial charge in [-0.3, -0.25) is 0 Å². The third kappa shape index (κ3) is 3.39. The molecule has 0 atom stereocenters. The van der Waals surface area contributed by atoms with E-state index in [0.717, 1.165) is 31.6 Å². The second-order valence-electron chi connectivity index (χ2n) is 4.18. The van der Waals surface area contributed by atoms with E-state index >= 15 is 0 Å². The molecule has 0 aliphatic heterocycles. The molecule has 0 heterocycles. The third-order valence-corrected chi connectivity index (χ3v) is 2.77. The van der Waals surface area contributed by atoms with Crippen LogP contribution < -0.4 is 9.64 Å². The van der Waals surface area contributed by atoms with Crippen molar-refractivity contribution in [2.45, 2.75) is 26.7 Å². The molecule has 0 bridgehead atoms. The predicted molar refractivity (Wildman–Crippen MR) is 72.7 cm³/mol. The van der Waals surface area contributed by atoms with Gasteiger partial charge in [-0.2, -0.15) is 0 Å². The maximum absolute atomic E-state index is 11.0. The van der Waals surface area contributed by atoms with Gasteiger partial charge in [0.15, 0.2) is 0 Å². The van der Waals surface area contributed by atoms with Crippen molar-refractivity contribution in [3.05, 3.63) is 23.8 Å². The maximum atomic E-state index is 11.0. The summed E-state index contributed by atoms with van der Waals surface area (Å²) in [6, 6.07) is 5.25. The molecule has 0 aliphatic carbocycles. The van der Waals surface area contributed by atoms with E-state index in [-0.39, 0.29) is 5.56 Å². The first-order valence-electron chi connectivity index (χ1n) is 6.30. The van der Waals surface area contributed by atoms with Crippen molar-refractivity contribution in [3.63, 3.8) is 0 Å². The van der Waals surface area contributed by atoms with Crippen molar-refractivity contribution in [3.8, 4) is 5.75 Å². The summed E-state index contributed by atoms with van der Waals surface area (Å²) in [6.45, 7) is 6.18. The second kappa shape index (κ2) is 6.89. The van der Waals surface area contributed by atoms with Gasteiger partial charge in [-0.05, 0) is 25.0 Å². The molecule has 4 nitrogen and oxygen atoms in total. The molecule has 4 heteroatoms. The summed E-state index contributed by atoms with van der Waals surface area (Å²) in [4.78, 5) is 13.3. The summed E-state index contributed by atoms with van der Waals surface area (Å²) >= 11 is 0. The average Bonchev–Trinajstić information content (AvgIpc) is 2.37. The number of benzene rings is 1. The average molecular weight is 251 g/mol. The Balaban J connectivity index is 3.05. The Hall–Kier alpha value is -1.71. The lowest BCUT2D eigenvalue weighted by Gasteiger charge is -2.24. The molecule has 0 radical (unpaired) electrons. The highest BCUT2D eigenvalue weighted by atomic mass is 16.5. The third-order valence-electron chi connectivity index (χ3n) is 2.77. The number of hydrogen-bond donors (Lipinski definition) is 1. The zero-order chi connectivity index (χ0) is 13.5. The molecular weight excluding hydrogens is 230 g/mol. The molecule has 0 fully saturated rings. The highest BCUT2D eigenvalue weighted by molar-refractivity contribution is 5.91. The summed E-state index contributed by atoms with van der Waals surface area (Å²) in [5, 5.41) is 9.04. The minimum absolute atomic E-state index is 0.203. The van der Waals surface area contributed by atoms with Gasteiger partial charge >= 0.3 is 5.97 Å². The van der Waals surface area contributed by atoms with Crippen molar-refractivity contribution in [1.82, 2.24) is 0 Å². The predicted octanol–water partition coefficient (Wildman–Crippen LogP) is 3.02. The van der Waals surface area contributed by atoms with Crippen LogP contribution in [-0.2, 0) is 0 Å². The first-order valence-corrected chi connectivity index (χ1v) is 6.30. The van der Waals surface area contributed by atoms with E-state index in [1.165, 1.54) is 7.11 Å². The molecule has 0 unspecified atom stereocenters. The van der Waals surface area contributed by atoms with Crippen molar-refractivity contribution in [2.24, 2.45) is 0 Å². The summed E-state index contributed by atoms with van der Waals surface area (Å²) in [5.74, 6) is -0.548. The number of aromatic carboxylic acids is 1. The number of carboxylic acids is 1. The minimum Gasteiger partial charge on any atom is -0.496 e. The van der Waals surface area contributed by atoms with Crippen LogP contribution in [0.5, 0.6) is 5.75 Å². The van der Waals surface area contributed by atoms with Crippen molar-refractivity contribution in [2.75, 3.05) is 25.1 Å². The molecule has 0 saturated carbocycles. The van der Waals surface area contributed by atoms with Gasteiger partial charge in [0.1, 0.15) is 11.3 Å². The van der Waals surface area contributed by atoms with E-state index < -0.39 is 5.97 Å². The van der Waals surface area contributed by atoms with E-state index in [0.29, 0.717) is 5.75 Å². The standard InChI is InChI=1S/C14H21NO3/c1-4-8-15(9-5-2)11-6-7-12(14(16)17)13(10-11)18-3/h6-7,10H,4-5,8-9H2,1-3H3,(H,16,17). The number of rotatable bonds is 7. The fourth-order valence-corrected chi connectivity index (χ4v) is 1.96. The number of methoxy groups -OCH3 is 1. The fourth-order valence-electron chi connectivity index (χ4n) is 1.96. The number of anilines is 1. The van der Waals surface area contributed by atoms with Crippen molar-refractivity contribution >= 4 is 11.7 Å². The van der Waals surface area contributed by atoms with Crippen LogP contribution in [-0.4, -0.2) is 31.3 Å². The van der Waals surface area contributed by atoms with E-state index in [1.807, 2.05) is 6.07 Å². The quantitative estimate of drug-likeness (QED) is 0.809. The van der Waals surface area contributed by atoms with Gasteiger partial charge in [-0.25, -0.2) is 4.79 Å². The molecule has 1 rings (SSSR count). The minimum atomic E-state index is -0.962. The number of nitrogens with zero attached hydrogens (tertiary/aromatic N) is 1. The van der Waals surface area contributed by atoms with Gasteiger partial charge in [0.05, 0.1) is 7.11 Å². The molecule has 1 N–H and O–H groups in total. The zero-order valence-corrected chi connectivity index (χ0v) is 11.3. The molecule has 0 amide bonds. The molecule has 100 valence electrons. The normalized spacial score (nSPS) is 10.2. The molecule has 0 spiro atoms. The van der Waals surface area contributed by atoms with Gasteiger partial charge < -0.3 is 14.7 Å². The maximum Gasteiger partial charge on any atom is 0.339 e. The monoisotopic (exact) mass is 251 g/mol. The van der Waals surface area contributed by atoms with Gasteiger partial charge in [-0.1, -0.05) is 13.8 Å². The number of carbonyl (C=O) groups is 1. The Labute approximate surface area is 108 Å². The number of carboxylic acid groups (broad SMARTS) is 1. The molecule has 1 aromatic rings. The highest BCUT2D eigenvalue weighted by Gasteiger charge is 2.13. The largest absolute Gasteiger partial charge is 0.496 e. The van der Waals surface area contributed by atoms with Crippen LogP contribution in [0.2, 0.25) is 0 Å². The lowest BCUT2D eigenvalue weighted by molar-refractivity contribution is 0.0693. The Kier molecular flexibility index (Phi) is 5.49. The number of ether oxygens (including phenoxy) is 1. The molecule has 0 aromatic heterocycles. The zero-order valence-electron chi connectivity index (χ0n) is 11.3. The molecule has 18 heavy (non-hydrogen) atoms. The summed E-state index contributed by atoms with van der Waals surface area (Å²) in [6.07, 6.45) is 2.12. The number of hydrogen-bond acceptors (Lipinski definition) is 3. The van der Waals surface area contributed by atoms with E-state index in [9.17, 15) is 4.79 Å². The smallest absolute Gasteiger partial charge is 0.339 e. The van der Waals surface area contributed by atoms with Crippen LogP contribution in [0.3, 0.4) is 0 Å². The van der Waals surface area contributed by atoms with Crippen LogP contribution in [0.1, 0.15) is 37.0 Å². The van der Waals surface area contributed by atoms with Crippen LogP contribution >= 0.6 is 0 Å². The summed E-state index contributed by atoms with van der Waals surface area (Å²) in [5.41, 5.74) is 1.22. The fraction of sp³-hybridized carbons (Fsp3) is 0.500. The topological polar surface area (TPSA) is 49.8 Å². The van der Waals surface area contributed by atoms with Gasteiger partial charge in [-0.15, -0.1) is 0 Å². The molecular formula is C14H21NO3. The highest BCUT2D eigenvalue weighted by Crippen LogP contribution is 2.26. The SMILES string of the molecule is CCCN(CCC)c1ccc(C(=O)O)c(OC)c1. The van der Waals surface area contributed by atoms with Crippen molar-refractivity contribution < 1.29 is 14.6 Å². The Morgan fingerprint density at radius 3 is 2.33 bits per heavy atom. The first-order chi connectivity index (χ1) is 8.63. The Bertz CT molecular complexity index is 398. The lowest BCUT2D eigenvalue weighted by atomic mass is 10.1. The second-order valence-corrected chi connectivity index (χ2v) is 4.18. The van der Waals surface area contributed by atoms with E-state index in [1.54, 1.807) is 12.1 Å². The van der Waals surface area contributed by atoms with Gasteiger partial charge in [0.25, 0.3) is 0 Å². The molecule has 1 aromatic carbocycles. The van der Waals surface area contributed by atoms with Crippen LogP contribution in [0.4, 0.5) is 5.69 Å². The lowest BCUT2D eigenvalue weighted by Crippen LogP contribution is -2.24.